The molecule has 1 amide bonds. The molecule has 2 aromatic rings. The number of rotatable bonds is 2. The molecule has 1 N–H and O–H groups in total. The Bertz CT molecular complexity index is 552. The van der Waals surface area contributed by atoms with Gasteiger partial charge in [0, 0.05) is 15.6 Å². The fraction of sp³-hybridized carbons (Fsp3) is 0. The third-order valence-corrected chi connectivity index (χ3v) is 2.86. The molecular weight excluding hydrogens is 273 g/mol. The van der Waals surface area contributed by atoms with Gasteiger partial charge in [-0.1, -0.05) is 23.2 Å². The van der Waals surface area contributed by atoms with Gasteiger partial charge in [0.25, 0.3) is 5.91 Å². The lowest BCUT2D eigenvalue weighted by Crippen LogP contribution is -2.26. The van der Waals surface area contributed by atoms with Crippen molar-refractivity contribution in [3.63, 3.8) is 0 Å². The number of nitrogens with zero attached hydrogens (tertiary/aromatic N) is 1. The average molecular weight is 282 g/mol. The molecule has 0 fully saturated rings. The Morgan fingerprint density at radius 3 is 1.83 bits per heavy atom. The highest BCUT2D eigenvalue weighted by molar-refractivity contribution is 6.31. The maximum absolute atomic E-state index is 11.9. The van der Waals surface area contributed by atoms with E-state index in [9.17, 15) is 10.0 Å². The molecule has 0 aliphatic rings. The zero-order chi connectivity index (χ0) is 13.1. The van der Waals surface area contributed by atoms with Crippen molar-refractivity contribution in [3.05, 3.63) is 64.1 Å². The van der Waals surface area contributed by atoms with Crippen molar-refractivity contribution in [2.45, 2.75) is 0 Å². The highest BCUT2D eigenvalue weighted by Gasteiger charge is 2.15. The first-order valence-corrected chi connectivity index (χ1v) is 5.88. The summed E-state index contributed by atoms with van der Waals surface area (Å²) in [6, 6.07) is 12.6. The maximum Gasteiger partial charge on any atom is 0.281 e. The summed E-state index contributed by atoms with van der Waals surface area (Å²) in [4.78, 5) is 11.9. The van der Waals surface area contributed by atoms with Crippen LogP contribution in [-0.4, -0.2) is 11.1 Å². The van der Waals surface area contributed by atoms with Gasteiger partial charge in [-0.3, -0.25) is 10.0 Å². The quantitative estimate of drug-likeness (QED) is 0.667. The van der Waals surface area contributed by atoms with Gasteiger partial charge in [-0.25, -0.2) is 0 Å². The van der Waals surface area contributed by atoms with Crippen LogP contribution in [0.5, 0.6) is 0 Å². The number of hydrogen-bond donors (Lipinski definition) is 1. The molecule has 2 aromatic carbocycles. The summed E-state index contributed by atoms with van der Waals surface area (Å²) in [5.41, 5.74) is 0.691. The number of carbonyl (C=O) groups is 1. The summed E-state index contributed by atoms with van der Waals surface area (Å²) < 4.78 is 0. The minimum Gasteiger partial charge on any atom is -0.281 e. The van der Waals surface area contributed by atoms with E-state index in [0.29, 0.717) is 26.4 Å². The number of carbonyl (C=O) groups excluding carboxylic acids is 1. The summed E-state index contributed by atoms with van der Waals surface area (Å²) in [5.74, 6) is -0.533. The predicted molar refractivity (Wildman–Crippen MR) is 71.5 cm³/mol. The van der Waals surface area contributed by atoms with Gasteiger partial charge >= 0.3 is 0 Å². The van der Waals surface area contributed by atoms with Crippen LogP contribution in [0.1, 0.15) is 10.4 Å². The number of halogens is 2. The monoisotopic (exact) mass is 281 g/mol. The SMILES string of the molecule is O=C(c1ccc(Cl)cc1)N(O)c1ccc(Cl)cc1. The zero-order valence-electron chi connectivity index (χ0n) is 9.18. The number of hydrogen-bond acceptors (Lipinski definition) is 2. The van der Waals surface area contributed by atoms with Crippen molar-refractivity contribution in [2.75, 3.05) is 5.06 Å². The predicted octanol–water partition coefficient (Wildman–Crippen LogP) is 4.03. The normalized spacial score (nSPS) is 10.2. The van der Waals surface area contributed by atoms with Crippen LogP contribution in [0.25, 0.3) is 0 Å². The second-order valence-electron chi connectivity index (χ2n) is 3.60. The molecule has 0 aromatic heterocycles. The van der Waals surface area contributed by atoms with Crippen LogP contribution < -0.4 is 5.06 Å². The lowest BCUT2D eigenvalue weighted by molar-refractivity contribution is 0.0855. The fourth-order valence-corrected chi connectivity index (χ4v) is 1.67. The summed E-state index contributed by atoms with van der Waals surface area (Å²) in [6.45, 7) is 0. The van der Waals surface area contributed by atoms with Gasteiger partial charge in [0.15, 0.2) is 0 Å². The Balaban J connectivity index is 2.23. The van der Waals surface area contributed by atoms with Crippen molar-refractivity contribution in [3.8, 4) is 0 Å². The molecule has 0 bridgehead atoms. The first-order valence-electron chi connectivity index (χ1n) is 5.12. The second kappa shape index (κ2) is 5.40. The van der Waals surface area contributed by atoms with Gasteiger partial charge in [0.1, 0.15) is 0 Å². The van der Waals surface area contributed by atoms with Crippen LogP contribution in [0.4, 0.5) is 5.69 Å². The van der Waals surface area contributed by atoms with Crippen molar-refractivity contribution >= 4 is 34.8 Å². The van der Waals surface area contributed by atoms with Gasteiger partial charge in [-0.2, -0.15) is 5.06 Å². The third-order valence-electron chi connectivity index (χ3n) is 2.35. The number of amides is 1. The number of anilines is 1. The molecule has 92 valence electrons. The van der Waals surface area contributed by atoms with Gasteiger partial charge in [0.2, 0.25) is 0 Å². The van der Waals surface area contributed by atoms with Crippen molar-refractivity contribution in [1.82, 2.24) is 0 Å². The summed E-state index contributed by atoms with van der Waals surface area (Å²) in [6.07, 6.45) is 0. The third kappa shape index (κ3) is 2.82. The van der Waals surface area contributed by atoms with Crippen LogP contribution >= 0.6 is 23.2 Å². The lowest BCUT2D eigenvalue weighted by Gasteiger charge is -2.14. The molecule has 18 heavy (non-hydrogen) atoms. The second-order valence-corrected chi connectivity index (χ2v) is 4.47. The van der Waals surface area contributed by atoms with Crippen LogP contribution in [0.3, 0.4) is 0 Å². The largest absolute Gasteiger partial charge is 0.281 e. The van der Waals surface area contributed by atoms with E-state index in [2.05, 4.69) is 0 Å². The van der Waals surface area contributed by atoms with Gasteiger partial charge in [-0.05, 0) is 48.5 Å². The molecule has 2 rings (SSSR count). The van der Waals surface area contributed by atoms with E-state index in [0.717, 1.165) is 0 Å². The Labute approximate surface area is 114 Å². The summed E-state index contributed by atoms with van der Waals surface area (Å²) in [7, 11) is 0. The van der Waals surface area contributed by atoms with E-state index in [1.807, 2.05) is 0 Å². The average Bonchev–Trinajstić information content (AvgIpc) is 2.39. The molecule has 5 heteroatoms. The molecule has 0 atom stereocenters. The van der Waals surface area contributed by atoms with E-state index >= 15 is 0 Å². The standard InChI is InChI=1S/C13H9Cl2NO2/c14-10-3-1-9(2-4-10)13(17)16(18)12-7-5-11(15)6-8-12/h1-8,18H. The first kappa shape index (κ1) is 12.9. The molecule has 3 nitrogen and oxygen atoms in total. The van der Waals surface area contributed by atoms with Crippen molar-refractivity contribution < 1.29 is 10.0 Å². The minimum absolute atomic E-state index is 0.344. The van der Waals surface area contributed by atoms with E-state index in [4.69, 9.17) is 23.2 Å². The number of hydroxylamine groups is 1. The molecule has 0 radical (unpaired) electrons. The molecule has 0 unspecified atom stereocenters. The highest BCUT2D eigenvalue weighted by Crippen LogP contribution is 2.19. The van der Waals surface area contributed by atoms with Crippen molar-refractivity contribution in [1.29, 1.82) is 0 Å². The Kier molecular flexibility index (Phi) is 3.87. The van der Waals surface area contributed by atoms with Gasteiger partial charge in [-0.15, -0.1) is 0 Å². The van der Waals surface area contributed by atoms with Gasteiger partial charge in [0.05, 0.1) is 5.69 Å². The van der Waals surface area contributed by atoms with Crippen LogP contribution in [-0.2, 0) is 0 Å². The van der Waals surface area contributed by atoms with E-state index < -0.39 is 5.91 Å². The van der Waals surface area contributed by atoms with Gasteiger partial charge < -0.3 is 0 Å². The zero-order valence-corrected chi connectivity index (χ0v) is 10.7. The molecular formula is C13H9Cl2NO2. The van der Waals surface area contributed by atoms with E-state index in [-0.39, 0.29) is 0 Å². The molecule has 0 aliphatic heterocycles. The lowest BCUT2D eigenvalue weighted by atomic mass is 10.2. The number of benzene rings is 2. The van der Waals surface area contributed by atoms with Crippen molar-refractivity contribution in [2.24, 2.45) is 0 Å². The van der Waals surface area contributed by atoms with E-state index in [1.165, 1.54) is 0 Å². The van der Waals surface area contributed by atoms with Crippen LogP contribution in [0.2, 0.25) is 10.0 Å². The minimum atomic E-state index is -0.533. The Morgan fingerprint density at radius 2 is 1.33 bits per heavy atom. The Hall–Kier alpha value is -1.55. The fourth-order valence-electron chi connectivity index (χ4n) is 1.41. The van der Waals surface area contributed by atoms with Crippen LogP contribution in [0.15, 0.2) is 48.5 Å². The summed E-state index contributed by atoms with van der Waals surface area (Å²) in [5, 5.41) is 11.4. The maximum atomic E-state index is 11.9. The molecule has 0 saturated heterocycles. The molecule has 0 aliphatic carbocycles. The molecule has 0 heterocycles. The Morgan fingerprint density at radius 1 is 0.889 bits per heavy atom. The highest BCUT2D eigenvalue weighted by atomic mass is 35.5. The smallest absolute Gasteiger partial charge is 0.281 e. The summed E-state index contributed by atoms with van der Waals surface area (Å²) >= 11 is 11.5. The topological polar surface area (TPSA) is 40.5 Å². The first-order chi connectivity index (χ1) is 8.58. The van der Waals surface area contributed by atoms with E-state index in [1.54, 1.807) is 48.5 Å². The molecule has 0 saturated carbocycles. The molecule has 0 spiro atoms. The van der Waals surface area contributed by atoms with Crippen LogP contribution in [0, 0.1) is 0 Å².